The first-order valence-electron chi connectivity index (χ1n) is 16.4. The molecule has 5 aromatic carbocycles. The summed E-state index contributed by atoms with van der Waals surface area (Å²) in [5.74, 6) is 1.25. The van der Waals surface area contributed by atoms with Gasteiger partial charge in [0.1, 0.15) is 5.76 Å². The minimum atomic E-state index is -0.426. The van der Waals surface area contributed by atoms with Gasteiger partial charge in [0.05, 0.1) is 6.85 Å². The third kappa shape index (κ3) is 2.89. The summed E-state index contributed by atoms with van der Waals surface area (Å²) in [5, 5.41) is 0. The average molecular weight is 531 g/mol. The van der Waals surface area contributed by atoms with Gasteiger partial charge in [-0.05, 0) is 64.4 Å². The number of rotatable bonds is 2. The summed E-state index contributed by atoms with van der Waals surface area (Å²) < 4.78 is 50.5. The molecular formula is C37H27BN2O. The molecule has 4 heteroatoms. The van der Waals surface area contributed by atoms with E-state index < -0.39 is 11.5 Å². The Hall–Kier alpha value is -4.96. The zero-order valence-electron chi connectivity index (χ0n) is 27.6. The molecule has 2 aliphatic heterocycles. The van der Waals surface area contributed by atoms with Crippen LogP contribution in [-0.4, -0.2) is 6.71 Å². The molecule has 0 atom stereocenters. The van der Waals surface area contributed by atoms with Crippen molar-refractivity contribution in [1.82, 2.24) is 0 Å². The fraction of sp³-hybridized carbons (Fsp3) is 0.0811. The molecule has 0 N–H and O–H groups in total. The first-order chi connectivity index (χ1) is 22.2. The summed E-state index contributed by atoms with van der Waals surface area (Å²) in [6.07, 6.45) is 0. The first kappa shape index (κ1) is 18.4. The minimum Gasteiger partial charge on any atom is -0.440 e. The lowest BCUT2D eigenvalue weighted by molar-refractivity contribution is 0.585. The number of furan rings is 1. The van der Waals surface area contributed by atoms with E-state index in [9.17, 15) is 0 Å². The van der Waals surface area contributed by atoms with Gasteiger partial charge in [0, 0.05) is 45.0 Å². The Morgan fingerprint density at radius 1 is 0.659 bits per heavy atom. The molecule has 0 bridgehead atoms. The molecule has 0 fully saturated rings. The molecule has 3 nitrogen and oxygen atoms in total. The van der Waals surface area contributed by atoms with Crippen molar-refractivity contribution in [2.24, 2.45) is 0 Å². The van der Waals surface area contributed by atoms with Gasteiger partial charge in [0.15, 0.2) is 0 Å². The number of hydrogen-bond acceptors (Lipinski definition) is 3. The van der Waals surface area contributed by atoms with Gasteiger partial charge >= 0.3 is 0 Å². The summed E-state index contributed by atoms with van der Waals surface area (Å²) in [6.45, 7) is 4.21. The number of anilines is 6. The quantitative estimate of drug-likeness (QED) is 0.214. The maximum atomic E-state index is 9.06. The standard InChI is InChI=1S/C37H27BN2O/c1-37(2)27-19-10-9-18-26(27)35-32(37)34-36(41-35)40(25-16-7-4-8-17-25)31-23-13-22-30-33(31)38(34)28-20-11-12-21-29(28)39(30)24-14-5-3-6-15-24/h3-23H,1-2H3/i4D,7D,8D,16D,17D. The molecule has 6 aromatic rings. The zero-order valence-corrected chi connectivity index (χ0v) is 22.6. The van der Waals surface area contributed by atoms with E-state index in [2.05, 4.69) is 79.4 Å². The van der Waals surface area contributed by atoms with E-state index in [0.29, 0.717) is 5.88 Å². The van der Waals surface area contributed by atoms with Crippen LogP contribution in [0.5, 0.6) is 0 Å². The number of fused-ring (bicyclic) bond motifs is 8. The second-order valence-corrected chi connectivity index (χ2v) is 11.4. The summed E-state index contributed by atoms with van der Waals surface area (Å²) >= 11 is 0. The van der Waals surface area contributed by atoms with Crippen LogP contribution < -0.4 is 26.2 Å². The SMILES string of the molecule is [2H]c1c([2H])c([2H])c(N2c3cccc4c3B(c3ccccc3N4c3ccccc3)c3c2oc2c3C(C)(C)c3ccccc3-2)c([2H])c1[2H]. The molecule has 3 heterocycles. The monoisotopic (exact) mass is 531 g/mol. The van der Waals surface area contributed by atoms with Crippen molar-refractivity contribution in [1.29, 1.82) is 0 Å². The maximum absolute atomic E-state index is 9.06. The van der Waals surface area contributed by atoms with Gasteiger partial charge in [-0.3, -0.25) is 4.90 Å². The highest BCUT2D eigenvalue weighted by Crippen LogP contribution is 2.53. The minimum absolute atomic E-state index is 0.0720. The van der Waals surface area contributed by atoms with Crippen molar-refractivity contribution in [3.05, 3.63) is 138 Å². The Bertz CT molecular complexity index is 2250. The van der Waals surface area contributed by atoms with Gasteiger partial charge < -0.3 is 9.32 Å². The lowest BCUT2D eigenvalue weighted by Crippen LogP contribution is -2.62. The van der Waals surface area contributed by atoms with Crippen molar-refractivity contribution >= 4 is 57.4 Å². The van der Waals surface area contributed by atoms with Crippen LogP contribution >= 0.6 is 0 Å². The Morgan fingerprint density at radius 3 is 2.17 bits per heavy atom. The van der Waals surface area contributed by atoms with Crippen LogP contribution in [0.25, 0.3) is 11.3 Å². The van der Waals surface area contributed by atoms with Gasteiger partial charge in [-0.25, -0.2) is 0 Å². The summed E-state index contributed by atoms with van der Waals surface area (Å²) in [5.41, 5.74) is 9.75. The molecule has 1 aliphatic carbocycles. The van der Waals surface area contributed by atoms with E-state index >= 15 is 0 Å². The molecule has 1 aromatic heterocycles. The van der Waals surface area contributed by atoms with Gasteiger partial charge in [0.25, 0.3) is 6.71 Å². The van der Waals surface area contributed by atoms with Crippen molar-refractivity contribution in [3.63, 3.8) is 0 Å². The second kappa shape index (κ2) is 8.05. The van der Waals surface area contributed by atoms with E-state index in [1.165, 1.54) is 5.56 Å². The molecule has 9 rings (SSSR count). The van der Waals surface area contributed by atoms with Crippen LogP contribution in [-0.2, 0) is 5.41 Å². The molecule has 0 saturated carbocycles. The average Bonchev–Trinajstić information content (AvgIpc) is 3.58. The summed E-state index contributed by atoms with van der Waals surface area (Å²) in [6, 6.07) is 31.3. The van der Waals surface area contributed by atoms with Gasteiger partial charge in [-0.1, -0.05) is 98.7 Å². The third-order valence-corrected chi connectivity index (χ3v) is 8.93. The second-order valence-electron chi connectivity index (χ2n) is 11.4. The smallest absolute Gasteiger partial charge is 0.256 e. The summed E-state index contributed by atoms with van der Waals surface area (Å²) in [4.78, 5) is 4.04. The van der Waals surface area contributed by atoms with Crippen LogP contribution in [0.2, 0.25) is 0 Å². The fourth-order valence-corrected chi connectivity index (χ4v) is 7.33. The fourth-order valence-electron chi connectivity index (χ4n) is 7.33. The van der Waals surface area contributed by atoms with E-state index in [-0.39, 0.29) is 36.6 Å². The first-order valence-corrected chi connectivity index (χ1v) is 13.9. The molecular weight excluding hydrogens is 499 g/mol. The van der Waals surface area contributed by atoms with Crippen molar-refractivity contribution in [2.45, 2.75) is 19.3 Å². The molecule has 0 radical (unpaired) electrons. The van der Waals surface area contributed by atoms with Crippen molar-refractivity contribution < 1.29 is 11.3 Å². The van der Waals surface area contributed by atoms with Crippen LogP contribution in [0.1, 0.15) is 31.8 Å². The number of benzene rings is 5. The number of hydrogen-bond donors (Lipinski definition) is 0. The highest BCUT2D eigenvalue weighted by Gasteiger charge is 2.51. The summed E-state index contributed by atoms with van der Waals surface area (Å²) in [7, 11) is 0. The van der Waals surface area contributed by atoms with E-state index in [1.807, 2.05) is 36.4 Å². The zero-order chi connectivity index (χ0) is 31.6. The number of nitrogens with zero attached hydrogens (tertiary/aromatic N) is 2. The molecule has 194 valence electrons. The highest BCUT2D eigenvalue weighted by atomic mass is 16.4. The Kier molecular flexibility index (Phi) is 3.61. The molecule has 0 spiro atoms. The molecule has 3 aliphatic rings. The van der Waals surface area contributed by atoms with Gasteiger partial charge in [-0.2, -0.15) is 0 Å². The van der Waals surface area contributed by atoms with Crippen molar-refractivity contribution in [2.75, 3.05) is 9.80 Å². The van der Waals surface area contributed by atoms with Crippen LogP contribution in [0.4, 0.5) is 34.3 Å². The van der Waals surface area contributed by atoms with Crippen LogP contribution in [0.3, 0.4) is 0 Å². The molecule has 0 saturated heterocycles. The maximum Gasteiger partial charge on any atom is 0.256 e. The Morgan fingerprint density at radius 2 is 1.34 bits per heavy atom. The van der Waals surface area contributed by atoms with E-state index in [1.54, 1.807) is 4.90 Å². The van der Waals surface area contributed by atoms with Crippen molar-refractivity contribution in [3.8, 4) is 11.3 Å². The molecule has 0 unspecified atom stereocenters. The lowest BCUT2D eigenvalue weighted by Gasteiger charge is -2.43. The Balaban J connectivity index is 1.45. The molecule has 41 heavy (non-hydrogen) atoms. The lowest BCUT2D eigenvalue weighted by atomic mass is 9.33. The van der Waals surface area contributed by atoms with Gasteiger partial charge in [-0.15, -0.1) is 0 Å². The number of para-hydroxylation sites is 3. The van der Waals surface area contributed by atoms with E-state index in [4.69, 9.17) is 11.3 Å². The van der Waals surface area contributed by atoms with Gasteiger partial charge in [0.2, 0.25) is 5.88 Å². The van der Waals surface area contributed by atoms with Crippen LogP contribution in [0, 0.1) is 0 Å². The predicted molar refractivity (Wildman–Crippen MR) is 170 cm³/mol. The van der Waals surface area contributed by atoms with Crippen LogP contribution in [0.15, 0.2) is 132 Å². The van der Waals surface area contributed by atoms with E-state index in [0.717, 1.165) is 56.0 Å². The highest BCUT2D eigenvalue weighted by molar-refractivity contribution is 7.00. The third-order valence-electron chi connectivity index (χ3n) is 8.93. The Labute approximate surface area is 247 Å². The normalized spacial score (nSPS) is 16.8. The largest absolute Gasteiger partial charge is 0.440 e. The topological polar surface area (TPSA) is 19.6 Å². The molecule has 0 amide bonds. The predicted octanol–water partition coefficient (Wildman–Crippen LogP) is 7.67.